The molecule has 1 aliphatic rings. The highest BCUT2D eigenvalue weighted by Crippen LogP contribution is 2.27. The van der Waals surface area contributed by atoms with E-state index >= 15 is 0 Å². The quantitative estimate of drug-likeness (QED) is 0.709. The van der Waals surface area contributed by atoms with Gasteiger partial charge in [-0.15, -0.1) is 0 Å². The molecule has 128 valence electrons. The zero-order valence-corrected chi connectivity index (χ0v) is 14.4. The Hall–Kier alpha value is -1.14. The Balaban J connectivity index is 1.99. The number of hydrogen-bond donors (Lipinski definition) is 2. The molecule has 1 aliphatic heterocycles. The Morgan fingerprint density at radius 3 is 2.78 bits per heavy atom. The Morgan fingerprint density at radius 2 is 2.09 bits per heavy atom. The predicted octanol–water partition coefficient (Wildman–Crippen LogP) is 1.83. The number of nitrogens with zero attached hydrogens (tertiary/aromatic N) is 1. The van der Waals surface area contributed by atoms with Gasteiger partial charge in [0.05, 0.1) is 19.3 Å². The number of nitrogens with one attached hydrogen (secondary N) is 2. The first kappa shape index (κ1) is 18.2. The van der Waals surface area contributed by atoms with Crippen molar-refractivity contribution in [2.75, 3.05) is 46.4 Å². The summed E-state index contributed by atoms with van der Waals surface area (Å²) in [5.41, 5.74) is 1.06. The summed E-state index contributed by atoms with van der Waals surface area (Å²) in [6.07, 6.45) is 1.38. The average molecular weight is 340 g/mol. The van der Waals surface area contributed by atoms with Crippen molar-refractivity contribution in [3.8, 4) is 0 Å². The molecular weight excluding hydrogens is 314 g/mol. The summed E-state index contributed by atoms with van der Waals surface area (Å²) in [6, 6.07) is 7.94. The smallest absolute Gasteiger partial charge is 0.220 e. The van der Waals surface area contributed by atoms with Gasteiger partial charge in [0.25, 0.3) is 0 Å². The molecule has 1 amide bonds. The van der Waals surface area contributed by atoms with Gasteiger partial charge in [0, 0.05) is 31.1 Å². The van der Waals surface area contributed by atoms with Crippen molar-refractivity contribution in [2.45, 2.75) is 18.9 Å². The van der Waals surface area contributed by atoms with E-state index in [1.165, 1.54) is 0 Å². The molecule has 1 aromatic rings. The van der Waals surface area contributed by atoms with Crippen molar-refractivity contribution in [3.05, 3.63) is 34.9 Å². The molecule has 0 bridgehead atoms. The van der Waals surface area contributed by atoms with Gasteiger partial charge in [-0.05, 0) is 31.6 Å². The lowest BCUT2D eigenvalue weighted by atomic mass is 10.0. The summed E-state index contributed by atoms with van der Waals surface area (Å²) >= 11 is 6.38. The number of morpholine rings is 1. The number of ether oxygens (including phenoxy) is 1. The third kappa shape index (κ3) is 5.77. The van der Waals surface area contributed by atoms with Crippen molar-refractivity contribution in [1.29, 1.82) is 0 Å². The van der Waals surface area contributed by atoms with Gasteiger partial charge in [-0.25, -0.2) is 0 Å². The van der Waals surface area contributed by atoms with E-state index in [2.05, 4.69) is 15.5 Å². The molecule has 23 heavy (non-hydrogen) atoms. The number of rotatable bonds is 8. The zero-order valence-electron chi connectivity index (χ0n) is 13.7. The number of carbonyl (C=O) groups is 1. The fourth-order valence-electron chi connectivity index (χ4n) is 2.79. The Labute approximate surface area is 143 Å². The molecule has 1 aromatic carbocycles. The SMILES string of the molecule is CNCCCC(=O)NCC(c1ccccc1Cl)N1CCOCC1. The van der Waals surface area contributed by atoms with Gasteiger partial charge in [0.2, 0.25) is 5.91 Å². The lowest BCUT2D eigenvalue weighted by molar-refractivity contribution is -0.121. The molecule has 1 heterocycles. The van der Waals surface area contributed by atoms with Crippen LogP contribution in [0.15, 0.2) is 24.3 Å². The Morgan fingerprint density at radius 1 is 1.35 bits per heavy atom. The van der Waals surface area contributed by atoms with Crippen LogP contribution >= 0.6 is 11.6 Å². The van der Waals surface area contributed by atoms with Crippen LogP contribution in [0.4, 0.5) is 0 Å². The molecule has 0 radical (unpaired) electrons. The van der Waals surface area contributed by atoms with Gasteiger partial charge < -0.3 is 15.4 Å². The fourth-order valence-corrected chi connectivity index (χ4v) is 3.06. The number of benzene rings is 1. The number of carbonyl (C=O) groups excluding carboxylic acids is 1. The Bertz CT molecular complexity index is 492. The normalized spacial score (nSPS) is 17.0. The highest BCUT2D eigenvalue weighted by molar-refractivity contribution is 6.31. The third-order valence-electron chi connectivity index (χ3n) is 4.07. The molecule has 0 spiro atoms. The monoisotopic (exact) mass is 339 g/mol. The molecule has 0 aliphatic carbocycles. The first-order valence-electron chi connectivity index (χ1n) is 8.20. The highest BCUT2D eigenvalue weighted by atomic mass is 35.5. The Kier molecular flexibility index (Phi) is 7.82. The van der Waals surface area contributed by atoms with Crippen LogP contribution in [0.1, 0.15) is 24.4 Å². The molecule has 5 nitrogen and oxygen atoms in total. The summed E-state index contributed by atoms with van der Waals surface area (Å²) in [4.78, 5) is 14.3. The van der Waals surface area contributed by atoms with Gasteiger partial charge in [-0.2, -0.15) is 0 Å². The minimum atomic E-state index is 0.0841. The van der Waals surface area contributed by atoms with Crippen molar-refractivity contribution in [1.82, 2.24) is 15.5 Å². The molecule has 2 rings (SSSR count). The summed E-state index contributed by atoms with van der Waals surface area (Å²) in [7, 11) is 1.89. The van der Waals surface area contributed by atoms with Gasteiger partial charge in [0.1, 0.15) is 0 Å². The van der Waals surface area contributed by atoms with Crippen LogP contribution in [-0.4, -0.2) is 57.2 Å². The topological polar surface area (TPSA) is 53.6 Å². The maximum atomic E-state index is 12.0. The van der Waals surface area contributed by atoms with Crippen LogP contribution in [0.3, 0.4) is 0 Å². The van der Waals surface area contributed by atoms with Crippen molar-refractivity contribution >= 4 is 17.5 Å². The number of halogens is 1. The highest BCUT2D eigenvalue weighted by Gasteiger charge is 2.24. The molecule has 6 heteroatoms. The summed E-state index contributed by atoms with van der Waals surface area (Å²) < 4.78 is 5.44. The van der Waals surface area contributed by atoms with Gasteiger partial charge in [-0.1, -0.05) is 29.8 Å². The van der Waals surface area contributed by atoms with E-state index in [1.807, 2.05) is 31.3 Å². The fraction of sp³-hybridized carbons (Fsp3) is 0.588. The van der Waals surface area contributed by atoms with E-state index in [1.54, 1.807) is 0 Å². The molecule has 0 saturated carbocycles. The maximum Gasteiger partial charge on any atom is 0.220 e. The molecule has 0 aromatic heterocycles. The lowest BCUT2D eigenvalue weighted by Gasteiger charge is -2.35. The van der Waals surface area contributed by atoms with E-state index in [0.29, 0.717) is 13.0 Å². The van der Waals surface area contributed by atoms with Crippen LogP contribution in [0, 0.1) is 0 Å². The second kappa shape index (κ2) is 9.88. The van der Waals surface area contributed by atoms with E-state index in [9.17, 15) is 4.79 Å². The summed E-state index contributed by atoms with van der Waals surface area (Å²) in [6.45, 7) is 4.57. The van der Waals surface area contributed by atoms with Crippen LogP contribution in [0.25, 0.3) is 0 Å². The minimum absolute atomic E-state index is 0.0841. The largest absolute Gasteiger partial charge is 0.379 e. The zero-order chi connectivity index (χ0) is 16.5. The third-order valence-corrected chi connectivity index (χ3v) is 4.42. The minimum Gasteiger partial charge on any atom is -0.379 e. The standard InChI is InChI=1S/C17H26ClN3O2/c1-19-8-4-7-17(22)20-13-16(21-9-11-23-12-10-21)14-5-2-3-6-15(14)18/h2-3,5-6,16,19H,4,7-13H2,1H3,(H,20,22). The van der Waals surface area contributed by atoms with E-state index in [-0.39, 0.29) is 11.9 Å². The van der Waals surface area contributed by atoms with Crippen molar-refractivity contribution < 1.29 is 9.53 Å². The van der Waals surface area contributed by atoms with Gasteiger partial charge >= 0.3 is 0 Å². The summed E-state index contributed by atoms with van der Waals surface area (Å²) in [5, 5.41) is 6.85. The first-order valence-corrected chi connectivity index (χ1v) is 8.57. The maximum absolute atomic E-state index is 12.0. The predicted molar refractivity (Wildman–Crippen MR) is 92.8 cm³/mol. The number of amides is 1. The van der Waals surface area contributed by atoms with Crippen LogP contribution in [0.2, 0.25) is 5.02 Å². The van der Waals surface area contributed by atoms with Crippen LogP contribution in [0.5, 0.6) is 0 Å². The van der Waals surface area contributed by atoms with Crippen molar-refractivity contribution in [2.24, 2.45) is 0 Å². The molecule has 1 atom stereocenters. The van der Waals surface area contributed by atoms with Crippen molar-refractivity contribution in [3.63, 3.8) is 0 Å². The molecule has 1 saturated heterocycles. The second-order valence-electron chi connectivity index (χ2n) is 5.70. The lowest BCUT2D eigenvalue weighted by Crippen LogP contribution is -2.44. The van der Waals surface area contributed by atoms with E-state index in [0.717, 1.165) is 49.9 Å². The van der Waals surface area contributed by atoms with Crippen LogP contribution in [-0.2, 0) is 9.53 Å². The second-order valence-corrected chi connectivity index (χ2v) is 6.10. The van der Waals surface area contributed by atoms with Gasteiger partial charge in [0.15, 0.2) is 0 Å². The molecule has 1 unspecified atom stereocenters. The van der Waals surface area contributed by atoms with Crippen LogP contribution < -0.4 is 10.6 Å². The first-order chi connectivity index (χ1) is 11.2. The molecule has 2 N–H and O–H groups in total. The molecular formula is C17H26ClN3O2. The molecule has 1 fully saturated rings. The average Bonchev–Trinajstić information content (AvgIpc) is 2.58. The number of hydrogen-bond acceptors (Lipinski definition) is 4. The van der Waals surface area contributed by atoms with E-state index in [4.69, 9.17) is 16.3 Å². The summed E-state index contributed by atoms with van der Waals surface area (Å²) in [5.74, 6) is 0.0885. The van der Waals surface area contributed by atoms with E-state index < -0.39 is 0 Å². The van der Waals surface area contributed by atoms with Gasteiger partial charge in [-0.3, -0.25) is 9.69 Å².